The van der Waals surface area contributed by atoms with Crippen molar-refractivity contribution in [3.05, 3.63) is 29.8 Å². The molecule has 1 atom stereocenters. The summed E-state index contributed by atoms with van der Waals surface area (Å²) in [6.45, 7) is 1.88. The van der Waals surface area contributed by atoms with Gasteiger partial charge in [0.05, 0.1) is 24.3 Å². The largest absolute Gasteiger partial charge is 0.465 e. The van der Waals surface area contributed by atoms with Gasteiger partial charge in [-0.2, -0.15) is 0 Å². The summed E-state index contributed by atoms with van der Waals surface area (Å²) in [6, 6.07) is 6.85. The smallest absolute Gasteiger partial charge is 0.339 e. The van der Waals surface area contributed by atoms with Crippen LogP contribution < -0.4 is 4.90 Å². The Morgan fingerprint density at radius 1 is 1.12 bits per heavy atom. The summed E-state index contributed by atoms with van der Waals surface area (Å²) < 4.78 is 4.79. The van der Waals surface area contributed by atoms with Crippen LogP contribution in [0.3, 0.4) is 0 Å². The van der Waals surface area contributed by atoms with E-state index in [2.05, 4.69) is 0 Å². The third-order valence-corrected chi connectivity index (χ3v) is 4.74. The van der Waals surface area contributed by atoms with Gasteiger partial charge in [0.25, 0.3) is 0 Å². The van der Waals surface area contributed by atoms with Crippen LogP contribution in [0.5, 0.6) is 0 Å². The predicted octanol–water partition coefficient (Wildman–Crippen LogP) is 1.84. The van der Waals surface area contributed by atoms with Crippen LogP contribution in [0.1, 0.15) is 36.0 Å². The Hall–Kier alpha value is -2.37. The lowest BCUT2D eigenvalue weighted by Gasteiger charge is -2.29. The lowest BCUT2D eigenvalue weighted by atomic mass is 10.0. The second-order valence-corrected chi connectivity index (χ2v) is 6.30. The standard InChI is InChI=1S/C18H22N2O4/c1-24-18(23)14-7-3-4-8-15(14)20-12-13(11-16(20)21)17(22)19-9-5-2-6-10-19/h3-4,7-8,13H,2,5-6,9-12H2,1H3. The summed E-state index contributed by atoms with van der Waals surface area (Å²) in [5.74, 6) is -0.881. The van der Waals surface area contributed by atoms with Gasteiger partial charge in [-0.3, -0.25) is 9.59 Å². The zero-order chi connectivity index (χ0) is 17.1. The number of carbonyl (C=O) groups excluding carboxylic acids is 3. The number of hydrogen-bond acceptors (Lipinski definition) is 4. The van der Waals surface area contributed by atoms with Crippen molar-refractivity contribution in [2.45, 2.75) is 25.7 Å². The first kappa shape index (κ1) is 16.5. The summed E-state index contributed by atoms with van der Waals surface area (Å²) in [4.78, 5) is 40.4. The van der Waals surface area contributed by atoms with Crippen molar-refractivity contribution in [2.75, 3.05) is 31.6 Å². The molecule has 0 spiro atoms. The predicted molar refractivity (Wildman–Crippen MR) is 88.7 cm³/mol. The Bertz CT molecular complexity index is 652. The van der Waals surface area contributed by atoms with Crippen LogP contribution in [-0.2, 0) is 14.3 Å². The van der Waals surface area contributed by atoms with Crippen molar-refractivity contribution in [1.82, 2.24) is 4.90 Å². The van der Waals surface area contributed by atoms with Crippen molar-refractivity contribution in [2.24, 2.45) is 5.92 Å². The van der Waals surface area contributed by atoms with Gasteiger partial charge in [0.2, 0.25) is 11.8 Å². The van der Waals surface area contributed by atoms with Gasteiger partial charge < -0.3 is 14.5 Å². The van der Waals surface area contributed by atoms with Gasteiger partial charge in [-0.1, -0.05) is 12.1 Å². The number of esters is 1. The van der Waals surface area contributed by atoms with Crippen molar-refractivity contribution in [1.29, 1.82) is 0 Å². The first-order valence-electron chi connectivity index (χ1n) is 8.38. The first-order valence-corrected chi connectivity index (χ1v) is 8.38. The third kappa shape index (κ3) is 3.13. The van der Waals surface area contributed by atoms with Crippen molar-refractivity contribution < 1.29 is 19.1 Å². The average Bonchev–Trinajstić information content (AvgIpc) is 3.02. The van der Waals surface area contributed by atoms with Gasteiger partial charge >= 0.3 is 5.97 Å². The van der Waals surface area contributed by atoms with E-state index in [1.165, 1.54) is 7.11 Å². The SMILES string of the molecule is COC(=O)c1ccccc1N1CC(C(=O)N2CCCCC2)CC1=O. The monoisotopic (exact) mass is 330 g/mol. The molecule has 0 radical (unpaired) electrons. The molecule has 6 heteroatoms. The number of nitrogens with zero attached hydrogens (tertiary/aromatic N) is 2. The fraction of sp³-hybridized carbons (Fsp3) is 0.500. The fourth-order valence-electron chi connectivity index (χ4n) is 3.47. The Morgan fingerprint density at radius 3 is 2.54 bits per heavy atom. The number of hydrogen-bond donors (Lipinski definition) is 0. The number of methoxy groups -OCH3 is 1. The average molecular weight is 330 g/mol. The van der Waals surface area contributed by atoms with Crippen LogP contribution in [0.4, 0.5) is 5.69 Å². The maximum absolute atomic E-state index is 12.7. The maximum Gasteiger partial charge on any atom is 0.339 e. The van der Waals surface area contributed by atoms with Crippen LogP contribution in [-0.4, -0.2) is 49.4 Å². The molecule has 0 aliphatic carbocycles. The number of rotatable bonds is 3. The molecule has 2 saturated heterocycles. The molecule has 2 amide bonds. The summed E-state index contributed by atoms with van der Waals surface area (Å²) in [5, 5.41) is 0. The Labute approximate surface area is 141 Å². The number of anilines is 1. The molecule has 24 heavy (non-hydrogen) atoms. The van der Waals surface area contributed by atoms with E-state index >= 15 is 0 Å². The van der Waals surface area contributed by atoms with Gasteiger partial charge in [-0.25, -0.2) is 4.79 Å². The lowest BCUT2D eigenvalue weighted by molar-refractivity contribution is -0.136. The maximum atomic E-state index is 12.7. The molecule has 128 valence electrons. The summed E-state index contributed by atoms with van der Waals surface area (Å²) in [7, 11) is 1.31. The topological polar surface area (TPSA) is 66.9 Å². The number of carbonyl (C=O) groups is 3. The minimum atomic E-state index is -0.482. The molecule has 0 bridgehead atoms. The van der Waals surface area contributed by atoms with Crippen LogP contribution in [0.2, 0.25) is 0 Å². The number of likely N-dealkylation sites (tertiary alicyclic amines) is 1. The number of piperidine rings is 1. The van der Waals surface area contributed by atoms with Crippen LogP contribution in [0.25, 0.3) is 0 Å². The van der Waals surface area contributed by atoms with Crippen LogP contribution >= 0.6 is 0 Å². The second kappa shape index (κ2) is 7.03. The number of benzene rings is 1. The van der Waals surface area contributed by atoms with E-state index in [4.69, 9.17) is 4.74 Å². The molecule has 1 aromatic carbocycles. The molecule has 2 fully saturated rings. The van der Waals surface area contributed by atoms with Gasteiger partial charge in [0.1, 0.15) is 0 Å². The van der Waals surface area contributed by atoms with Crippen LogP contribution in [0, 0.1) is 5.92 Å². The van der Waals surface area contributed by atoms with E-state index in [1.807, 2.05) is 4.90 Å². The molecule has 1 unspecified atom stereocenters. The summed E-state index contributed by atoms with van der Waals surface area (Å²) in [5.41, 5.74) is 0.864. The third-order valence-electron chi connectivity index (χ3n) is 4.74. The van der Waals surface area contributed by atoms with Crippen molar-refractivity contribution in [3.63, 3.8) is 0 Å². The molecule has 0 aromatic heterocycles. The number of ether oxygens (including phenoxy) is 1. The second-order valence-electron chi connectivity index (χ2n) is 6.30. The van der Waals surface area contributed by atoms with Gasteiger partial charge in [-0.05, 0) is 31.4 Å². The quantitative estimate of drug-likeness (QED) is 0.793. The minimum Gasteiger partial charge on any atom is -0.465 e. The highest BCUT2D eigenvalue weighted by atomic mass is 16.5. The van der Waals surface area contributed by atoms with Crippen molar-refractivity contribution >= 4 is 23.5 Å². The normalized spacial score (nSPS) is 21.0. The first-order chi connectivity index (χ1) is 11.6. The minimum absolute atomic E-state index is 0.0566. The highest BCUT2D eigenvalue weighted by molar-refractivity contribution is 6.05. The Morgan fingerprint density at radius 2 is 1.83 bits per heavy atom. The van der Waals surface area contributed by atoms with E-state index in [-0.39, 0.29) is 24.2 Å². The molecule has 0 saturated carbocycles. The van der Waals surface area contributed by atoms with Crippen LogP contribution in [0.15, 0.2) is 24.3 Å². The van der Waals surface area contributed by atoms with E-state index < -0.39 is 5.97 Å². The fourth-order valence-corrected chi connectivity index (χ4v) is 3.47. The van der Waals surface area contributed by atoms with Gasteiger partial charge in [0, 0.05) is 26.1 Å². The molecular formula is C18H22N2O4. The number of amides is 2. The molecule has 6 nitrogen and oxygen atoms in total. The highest BCUT2D eigenvalue weighted by Crippen LogP contribution is 2.30. The zero-order valence-corrected chi connectivity index (χ0v) is 13.9. The highest BCUT2D eigenvalue weighted by Gasteiger charge is 2.38. The summed E-state index contributed by atoms with van der Waals surface area (Å²) in [6.07, 6.45) is 3.42. The Kier molecular flexibility index (Phi) is 4.83. The molecule has 3 rings (SSSR count). The van der Waals surface area contributed by atoms with Gasteiger partial charge in [-0.15, -0.1) is 0 Å². The van der Waals surface area contributed by atoms with E-state index in [0.717, 1.165) is 32.4 Å². The van der Waals surface area contributed by atoms with Gasteiger partial charge in [0.15, 0.2) is 0 Å². The van der Waals surface area contributed by atoms with E-state index in [9.17, 15) is 14.4 Å². The molecule has 2 heterocycles. The molecule has 2 aliphatic heterocycles. The Balaban J connectivity index is 1.78. The molecule has 0 N–H and O–H groups in total. The van der Waals surface area contributed by atoms with Crippen molar-refractivity contribution in [3.8, 4) is 0 Å². The van der Waals surface area contributed by atoms with E-state index in [1.54, 1.807) is 29.2 Å². The number of para-hydroxylation sites is 1. The lowest BCUT2D eigenvalue weighted by Crippen LogP contribution is -2.40. The van der Waals surface area contributed by atoms with E-state index in [0.29, 0.717) is 17.8 Å². The molecular weight excluding hydrogens is 308 g/mol. The molecule has 1 aromatic rings. The summed E-state index contributed by atoms with van der Waals surface area (Å²) >= 11 is 0. The molecule has 2 aliphatic rings. The zero-order valence-electron chi connectivity index (χ0n) is 13.9.